The van der Waals surface area contributed by atoms with Crippen LogP contribution in [0.1, 0.15) is 0 Å². The van der Waals surface area contributed by atoms with E-state index in [0.29, 0.717) is 0 Å². The first-order valence-electron chi connectivity index (χ1n) is 1.88. The third-order valence-corrected chi connectivity index (χ3v) is 1.64. The highest BCUT2D eigenvalue weighted by Crippen LogP contribution is 1.99. The first-order chi connectivity index (χ1) is 3.30. The van der Waals surface area contributed by atoms with E-state index in [4.69, 9.17) is 5.84 Å². The normalized spacial score (nSPS) is 9.29. The van der Waals surface area contributed by atoms with Crippen LogP contribution in [0.25, 0.3) is 0 Å². The molecule has 0 fully saturated rings. The van der Waals surface area contributed by atoms with Crippen LogP contribution < -0.4 is 5.84 Å². The predicted octanol–water partition coefficient (Wildman–Crippen LogP) is 0.806. The summed E-state index contributed by atoms with van der Waals surface area (Å²) in [4.78, 5) is 0. The Morgan fingerprint density at radius 1 is 1.71 bits per heavy atom. The van der Waals surface area contributed by atoms with Crippen molar-refractivity contribution in [2.45, 2.75) is 0 Å². The average molecular weight is 208 g/mol. The van der Waals surface area contributed by atoms with Crippen molar-refractivity contribution in [2.75, 3.05) is 5.84 Å². The Bertz CT molecular complexity index is 142. The maximum Gasteiger partial charge on any atom is 0.0996 e. The van der Waals surface area contributed by atoms with Gasteiger partial charge in [-0.1, -0.05) is 0 Å². The molecule has 2 nitrogen and oxygen atoms in total. The molecule has 0 aliphatic heterocycles. The van der Waals surface area contributed by atoms with Gasteiger partial charge >= 0.3 is 0 Å². The lowest BCUT2D eigenvalue weighted by atomic mass is 10.7. The summed E-state index contributed by atoms with van der Waals surface area (Å²) in [5, 5.41) is 0. The lowest BCUT2D eigenvalue weighted by Crippen LogP contribution is -2.06. The van der Waals surface area contributed by atoms with Crippen LogP contribution in [-0.2, 0) is 0 Å². The topological polar surface area (TPSA) is 30.9 Å². The van der Waals surface area contributed by atoms with Crippen LogP contribution in [-0.4, -0.2) is 4.68 Å². The summed E-state index contributed by atoms with van der Waals surface area (Å²) >= 11 is 2.16. The minimum atomic E-state index is 1.05. The second kappa shape index (κ2) is 1.73. The molecule has 0 unspecified atom stereocenters. The van der Waals surface area contributed by atoms with E-state index in [1.165, 1.54) is 0 Å². The van der Waals surface area contributed by atoms with Crippen LogP contribution >= 0.6 is 22.6 Å². The first-order valence-corrected chi connectivity index (χ1v) is 2.96. The zero-order chi connectivity index (χ0) is 5.28. The van der Waals surface area contributed by atoms with Crippen molar-refractivity contribution in [3.63, 3.8) is 0 Å². The molecule has 2 N–H and O–H groups in total. The van der Waals surface area contributed by atoms with Gasteiger partial charge in [-0.25, -0.2) is 0 Å². The molecule has 1 rings (SSSR count). The van der Waals surface area contributed by atoms with Gasteiger partial charge in [0.2, 0.25) is 0 Å². The molecule has 7 heavy (non-hydrogen) atoms. The van der Waals surface area contributed by atoms with E-state index in [9.17, 15) is 0 Å². The zero-order valence-electron chi connectivity index (χ0n) is 3.63. The van der Waals surface area contributed by atoms with E-state index < -0.39 is 0 Å². The number of hydrogen-bond acceptors (Lipinski definition) is 1. The summed E-state index contributed by atoms with van der Waals surface area (Å²) in [6.07, 6.45) is 1.81. The van der Waals surface area contributed by atoms with Gasteiger partial charge in [0.25, 0.3) is 0 Å². The van der Waals surface area contributed by atoms with Crippen LogP contribution in [0.3, 0.4) is 0 Å². The Balaban J connectivity index is 3.12. The van der Waals surface area contributed by atoms with Crippen LogP contribution in [0, 0.1) is 3.70 Å². The molecule has 0 aromatic carbocycles. The standard InChI is InChI=1S/C4H5IN2/c5-4-2-1-3-7(4)6/h1-3H,6H2. The summed E-state index contributed by atoms with van der Waals surface area (Å²) < 4.78 is 2.62. The van der Waals surface area contributed by atoms with E-state index in [1.54, 1.807) is 4.68 Å². The van der Waals surface area contributed by atoms with Crippen LogP contribution in [0.2, 0.25) is 0 Å². The largest absolute Gasteiger partial charge is 0.339 e. The molecule has 0 atom stereocenters. The van der Waals surface area contributed by atoms with Crippen molar-refractivity contribution in [1.29, 1.82) is 0 Å². The molecule has 3 heteroatoms. The molecule has 1 heterocycles. The van der Waals surface area contributed by atoms with E-state index in [-0.39, 0.29) is 0 Å². The number of nitrogens with zero attached hydrogens (tertiary/aromatic N) is 1. The Kier molecular flexibility index (Phi) is 1.23. The van der Waals surface area contributed by atoms with Gasteiger partial charge in [0.1, 0.15) is 0 Å². The Morgan fingerprint density at radius 3 is 2.57 bits per heavy atom. The highest BCUT2D eigenvalue weighted by Gasteiger charge is 1.85. The Morgan fingerprint density at radius 2 is 2.43 bits per heavy atom. The molecular formula is C4H5IN2. The molecular weight excluding hydrogens is 203 g/mol. The summed E-state index contributed by atoms with van der Waals surface area (Å²) in [6.45, 7) is 0. The van der Waals surface area contributed by atoms with E-state index in [2.05, 4.69) is 22.6 Å². The van der Waals surface area contributed by atoms with Gasteiger partial charge in [0.05, 0.1) is 3.70 Å². The number of nitrogens with two attached hydrogens (primary N) is 1. The molecule has 0 bridgehead atoms. The zero-order valence-corrected chi connectivity index (χ0v) is 5.79. The summed E-state index contributed by atoms with van der Waals surface area (Å²) in [7, 11) is 0. The predicted molar refractivity (Wildman–Crippen MR) is 37.3 cm³/mol. The van der Waals surface area contributed by atoms with Crippen LogP contribution in [0.5, 0.6) is 0 Å². The summed E-state index contributed by atoms with van der Waals surface area (Å²) in [6, 6.07) is 3.85. The molecule has 0 saturated heterocycles. The van der Waals surface area contributed by atoms with Gasteiger partial charge in [-0.15, -0.1) is 0 Å². The maximum atomic E-state index is 5.35. The molecule has 1 aromatic rings. The summed E-state index contributed by atoms with van der Waals surface area (Å²) in [5.74, 6) is 5.35. The number of nitrogen functional groups attached to an aromatic ring is 1. The molecule has 38 valence electrons. The summed E-state index contributed by atoms with van der Waals surface area (Å²) in [5.41, 5.74) is 0. The minimum absolute atomic E-state index is 1.05. The molecule has 0 aliphatic carbocycles. The van der Waals surface area contributed by atoms with Gasteiger partial charge in [-0.3, -0.25) is 4.68 Å². The van der Waals surface area contributed by atoms with Crippen molar-refractivity contribution >= 4 is 22.6 Å². The van der Waals surface area contributed by atoms with E-state index in [1.807, 2.05) is 18.3 Å². The van der Waals surface area contributed by atoms with Gasteiger partial charge in [0.15, 0.2) is 0 Å². The molecule has 0 saturated carbocycles. The molecule has 1 aromatic heterocycles. The quantitative estimate of drug-likeness (QED) is 0.496. The fourth-order valence-electron chi connectivity index (χ4n) is 0.372. The van der Waals surface area contributed by atoms with Crippen LogP contribution in [0.4, 0.5) is 0 Å². The average Bonchev–Trinajstić information content (AvgIpc) is 1.91. The monoisotopic (exact) mass is 208 g/mol. The van der Waals surface area contributed by atoms with Gasteiger partial charge < -0.3 is 5.84 Å². The SMILES string of the molecule is Nn1cccc1I. The smallest absolute Gasteiger partial charge is 0.0996 e. The number of aromatic nitrogens is 1. The maximum absolute atomic E-state index is 5.35. The van der Waals surface area contributed by atoms with Gasteiger partial charge in [0, 0.05) is 6.20 Å². The van der Waals surface area contributed by atoms with Crippen molar-refractivity contribution < 1.29 is 0 Å². The lowest BCUT2D eigenvalue weighted by molar-refractivity contribution is 0.986. The minimum Gasteiger partial charge on any atom is -0.339 e. The molecule has 0 spiro atoms. The van der Waals surface area contributed by atoms with Gasteiger partial charge in [-0.05, 0) is 34.7 Å². The number of halogens is 1. The second-order valence-corrected chi connectivity index (χ2v) is 2.34. The highest BCUT2D eigenvalue weighted by atomic mass is 127. The third-order valence-electron chi connectivity index (χ3n) is 0.727. The Labute approximate surface area is 55.4 Å². The first kappa shape index (κ1) is 4.96. The van der Waals surface area contributed by atoms with Gasteiger partial charge in [-0.2, -0.15) is 0 Å². The number of rotatable bonds is 0. The van der Waals surface area contributed by atoms with Crippen molar-refractivity contribution in [2.24, 2.45) is 0 Å². The molecule has 0 aliphatic rings. The van der Waals surface area contributed by atoms with E-state index in [0.717, 1.165) is 3.70 Å². The Hall–Kier alpha value is -0.190. The van der Waals surface area contributed by atoms with Crippen molar-refractivity contribution in [3.05, 3.63) is 22.0 Å². The van der Waals surface area contributed by atoms with Crippen molar-refractivity contribution in [3.8, 4) is 0 Å². The van der Waals surface area contributed by atoms with Crippen molar-refractivity contribution in [1.82, 2.24) is 4.68 Å². The second-order valence-electron chi connectivity index (χ2n) is 1.24. The molecule has 0 radical (unpaired) electrons. The highest BCUT2D eigenvalue weighted by molar-refractivity contribution is 14.1. The third kappa shape index (κ3) is 0.876. The van der Waals surface area contributed by atoms with E-state index >= 15 is 0 Å². The van der Waals surface area contributed by atoms with Crippen LogP contribution in [0.15, 0.2) is 18.3 Å². The number of hydrogen-bond donors (Lipinski definition) is 1. The fraction of sp³-hybridized carbons (Fsp3) is 0. The fourth-order valence-corrected chi connectivity index (χ4v) is 0.741. The molecule has 0 amide bonds. The lowest BCUT2D eigenvalue weighted by Gasteiger charge is -1.88.